The molecule has 33 heavy (non-hydrogen) atoms. The van der Waals surface area contributed by atoms with Gasteiger partial charge in [-0.25, -0.2) is 4.79 Å². The van der Waals surface area contributed by atoms with Gasteiger partial charge < -0.3 is 20.3 Å². The van der Waals surface area contributed by atoms with Crippen LogP contribution in [0.3, 0.4) is 0 Å². The van der Waals surface area contributed by atoms with Gasteiger partial charge in [0.1, 0.15) is 17.2 Å². The van der Waals surface area contributed by atoms with E-state index in [9.17, 15) is 4.79 Å². The molecule has 1 saturated carbocycles. The third kappa shape index (κ3) is 7.65. The summed E-state index contributed by atoms with van der Waals surface area (Å²) in [7, 11) is 0. The van der Waals surface area contributed by atoms with Crippen molar-refractivity contribution in [2.75, 3.05) is 0 Å². The van der Waals surface area contributed by atoms with Crippen molar-refractivity contribution in [2.45, 2.75) is 57.6 Å². The molecule has 0 saturated heterocycles. The zero-order valence-corrected chi connectivity index (χ0v) is 19.2. The van der Waals surface area contributed by atoms with Crippen molar-refractivity contribution in [2.24, 2.45) is 5.73 Å². The summed E-state index contributed by atoms with van der Waals surface area (Å²) in [6.45, 7) is 2.15. The lowest BCUT2D eigenvalue weighted by atomic mass is 9.84. The molecule has 5 heteroatoms. The van der Waals surface area contributed by atoms with Crippen LogP contribution in [0.5, 0.6) is 17.2 Å². The third-order valence-corrected chi connectivity index (χ3v) is 5.75. The molecule has 0 amide bonds. The highest BCUT2D eigenvalue weighted by Crippen LogP contribution is 2.39. The maximum absolute atomic E-state index is 10.8. The topological polar surface area (TPSA) is 81.8 Å². The van der Waals surface area contributed by atoms with Gasteiger partial charge in [0.15, 0.2) is 6.10 Å². The molecule has 1 unspecified atom stereocenters. The molecule has 0 aliphatic heterocycles. The number of para-hydroxylation sites is 1. The van der Waals surface area contributed by atoms with Crippen LogP contribution in [-0.2, 0) is 11.3 Å². The molecular formula is C28H33NO4. The van der Waals surface area contributed by atoms with Crippen molar-refractivity contribution in [3.63, 3.8) is 0 Å². The number of hydrogen-bond donors (Lipinski definition) is 2. The number of rotatable bonds is 7. The van der Waals surface area contributed by atoms with Crippen LogP contribution in [-0.4, -0.2) is 17.2 Å². The number of carboxylic acid groups (broad SMARTS) is 1. The molecule has 1 aliphatic carbocycles. The van der Waals surface area contributed by atoms with Crippen LogP contribution in [0.1, 0.15) is 56.1 Å². The van der Waals surface area contributed by atoms with Gasteiger partial charge in [0.2, 0.25) is 0 Å². The first-order valence-corrected chi connectivity index (χ1v) is 11.6. The van der Waals surface area contributed by atoms with Crippen LogP contribution in [0.15, 0.2) is 78.9 Å². The minimum absolute atomic E-state index is 0.516. The van der Waals surface area contributed by atoms with E-state index in [-0.39, 0.29) is 0 Å². The summed E-state index contributed by atoms with van der Waals surface area (Å²) < 4.78 is 11.4. The standard InChI is InChI=1S/C21H24O4.C7H9N/c1-15(21(22)23)24-17-11-13-18(14-12-17)25-20-10-6-5-9-19(20)16-7-3-2-4-8-16;8-6-7-4-2-1-3-5-7/h5-6,9-16H,2-4,7-8H2,1H3,(H,22,23);1-5H,6,8H2. The van der Waals surface area contributed by atoms with Gasteiger partial charge in [0.25, 0.3) is 0 Å². The van der Waals surface area contributed by atoms with E-state index in [0.29, 0.717) is 18.2 Å². The Kier molecular flexibility index (Phi) is 9.33. The highest BCUT2D eigenvalue weighted by Gasteiger charge is 2.19. The fourth-order valence-electron chi connectivity index (χ4n) is 3.91. The molecule has 5 nitrogen and oxygen atoms in total. The zero-order chi connectivity index (χ0) is 23.5. The summed E-state index contributed by atoms with van der Waals surface area (Å²) >= 11 is 0. The largest absolute Gasteiger partial charge is 0.479 e. The molecule has 1 aliphatic rings. The fraction of sp³-hybridized carbons (Fsp3) is 0.321. The number of carboxylic acids is 1. The average Bonchev–Trinajstić information content (AvgIpc) is 2.87. The predicted molar refractivity (Wildman–Crippen MR) is 131 cm³/mol. The van der Waals surface area contributed by atoms with Gasteiger partial charge in [-0.15, -0.1) is 0 Å². The van der Waals surface area contributed by atoms with E-state index in [2.05, 4.69) is 12.1 Å². The minimum atomic E-state index is -0.985. The molecule has 174 valence electrons. The van der Waals surface area contributed by atoms with Crippen LogP contribution in [0.4, 0.5) is 0 Å². The summed E-state index contributed by atoms with van der Waals surface area (Å²) in [4.78, 5) is 10.8. The quantitative estimate of drug-likeness (QED) is 0.431. The molecule has 0 bridgehead atoms. The van der Waals surface area contributed by atoms with Crippen LogP contribution in [0, 0.1) is 0 Å². The van der Waals surface area contributed by atoms with E-state index in [1.165, 1.54) is 50.2 Å². The van der Waals surface area contributed by atoms with Gasteiger partial charge in [-0.2, -0.15) is 0 Å². The second-order valence-electron chi connectivity index (χ2n) is 8.23. The van der Waals surface area contributed by atoms with E-state index >= 15 is 0 Å². The smallest absolute Gasteiger partial charge is 0.344 e. The second kappa shape index (κ2) is 12.7. The van der Waals surface area contributed by atoms with Crippen LogP contribution in [0.2, 0.25) is 0 Å². The minimum Gasteiger partial charge on any atom is -0.479 e. The van der Waals surface area contributed by atoms with Crippen molar-refractivity contribution < 1.29 is 19.4 Å². The normalized spacial score (nSPS) is 14.5. The summed E-state index contributed by atoms with van der Waals surface area (Å²) in [6.07, 6.45) is 5.47. The molecule has 1 atom stereocenters. The van der Waals surface area contributed by atoms with E-state index in [0.717, 1.165) is 11.5 Å². The van der Waals surface area contributed by atoms with Crippen molar-refractivity contribution in [3.8, 4) is 17.2 Å². The summed E-state index contributed by atoms with van der Waals surface area (Å²) in [6, 6.07) is 25.3. The number of nitrogens with two attached hydrogens (primary N) is 1. The maximum atomic E-state index is 10.8. The molecule has 0 radical (unpaired) electrons. The monoisotopic (exact) mass is 447 g/mol. The van der Waals surface area contributed by atoms with Gasteiger partial charge in [0.05, 0.1) is 0 Å². The Balaban J connectivity index is 0.000000323. The summed E-state index contributed by atoms with van der Waals surface area (Å²) in [5.41, 5.74) is 7.82. The van der Waals surface area contributed by atoms with E-state index in [1.807, 2.05) is 54.6 Å². The zero-order valence-electron chi connectivity index (χ0n) is 19.2. The lowest BCUT2D eigenvalue weighted by Crippen LogP contribution is -2.22. The fourth-order valence-corrected chi connectivity index (χ4v) is 3.91. The number of aliphatic carboxylic acids is 1. The molecule has 3 aromatic rings. The first kappa shape index (κ1) is 24.3. The molecular weight excluding hydrogens is 414 g/mol. The van der Waals surface area contributed by atoms with Gasteiger partial charge >= 0.3 is 5.97 Å². The lowest BCUT2D eigenvalue weighted by Gasteiger charge is -2.24. The molecule has 1 fully saturated rings. The molecule has 0 aromatic heterocycles. The predicted octanol–water partition coefficient (Wildman–Crippen LogP) is 6.52. The number of hydrogen-bond acceptors (Lipinski definition) is 4. The lowest BCUT2D eigenvalue weighted by molar-refractivity contribution is -0.144. The Morgan fingerprint density at radius 2 is 1.52 bits per heavy atom. The van der Waals surface area contributed by atoms with Crippen LogP contribution < -0.4 is 15.2 Å². The Hall–Kier alpha value is -3.31. The second-order valence-corrected chi connectivity index (χ2v) is 8.23. The number of benzene rings is 3. The average molecular weight is 448 g/mol. The Labute approximate surface area is 196 Å². The van der Waals surface area contributed by atoms with Crippen LogP contribution in [0.25, 0.3) is 0 Å². The Bertz CT molecular complexity index is 982. The van der Waals surface area contributed by atoms with Crippen molar-refractivity contribution in [1.29, 1.82) is 0 Å². The molecule has 3 aromatic carbocycles. The molecule has 0 heterocycles. The highest BCUT2D eigenvalue weighted by atomic mass is 16.5. The third-order valence-electron chi connectivity index (χ3n) is 5.75. The maximum Gasteiger partial charge on any atom is 0.344 e. The van der Waals surface area contributed by atoms with Crippen molar-refractivity contribution >= 4 is 5.97 Å². The summed E-state index contributed by atoms with van der Waals surface area (Å²) in [5.74, 6) is 1.73. The Morgan fingerprint density at radius 1 is 0.909 bits per heavy atom. The molecule has 3 N–H and O–H groups in total. The van der Waals surface area contributed by atoms with E-state index in [4.69, 9.17) is 20.3 Å². The van der Waals surface area contributed by atoms with E-state index in [1.54, 1.807) is 12.1 Å². The van der Waals surface area contributed by atoms with Crippen molar-refractivity contribution in [1.82, 2.24) is 0 Å². The highest BCUT2D eigenvalue weighted by molar-refractivity contribution is 5.72. The Morgan fingerprint density at radius 3 is 2.12 bits per heavy atom. The molecule has 4 rings (SSSR count). The molecule has 0 spiro atoms. The van der Waals surface area contributed by atoms with Crippen molar-refractivity contribution in [3.05, 3.63) is 90.0 Å². The number of ether oxygens (including phenoxy) is 2. The van der Waals surface area contributed by atoms with E-state index < -0.39 is 12.1 Å². The SMILES string of the molecule is CC(Oc1ccc(Oc2ccccc2C2CCCCC2)cc1)C(=O)O.NCc1ccccc1. The first-order chi connectivity index (χ1) is 16.1. The van der Waals surface area contributed by atoms with Gasteiger partial charge in [-0.3, -0.25) is 0 Å². The van der Waals surface area contributed by atoms with Gasteiger partial charge in [-0.05, 0) is 67.1 Å². The van der Waals surface area contributed by atoms with Crippen LogP contribution >= 0.6 is 0 Å². The van der Waals surface area contributed by atoms with Gasteiger partial charge in [0, 0.05) is 6.54 Å². The first-order valence-electron chi connectivity index (χ1n) is 11.6. The number of carbonyl (C=O) groups is 1. The summed E-state index contributed by atoms with van der Waals surface area (Å²) in [5, 5.41) is 8.90. The van der Waals surface area contributed by atoms with Gasteiger partial charge in [-0.1, -0.05) is 67.8 Å².